The first-order chi connectivity index (χ1) is 8.61. The highest BCUT2D eigenvalue weighted by Gasteiger charge is 2.38. The SMILES string of the molecule is CC(CO)(CO)NN(C(O)CCO)C(O)C(C)(N)O. The van der Waals surface area contributed by atoms with E-state index in [4.69, 9.17) is 10.8 Å². The van der Waals surface area contributed by atoms with E-state index in [9.17, 15) is 25.5 Å². The van der Waals surface area contributed by atoms with Gasteiger partial charge in [0.1, 0.15) is 6.23 Å². The molecule has 0 aromatic carbocycles. The van der Waals surface area contributed by atoms with E-state index in [2.05, 4.69) is 5.43 Å². The van der Waals surface area contributed by atoms with Crippen molar-refractivity contribution >= 4 is 0 Å². The summed E-state index contributed by atoms with van der Waals surface area (Å²) in [5.41, 5.74) is 4.54. The minimum atomic E-state index is -2.06. The van der Waals surface area contributed by atoms with Gasteiger partial charge in [0.2, 0.25) is 0 Å². The first-order valence-electron chi connectivity index (χ1n) is 5.87. The predicted molar refractivity (Wildman–Crippen MR) is 66.1 cm³/mol. The van der Waals surface area contributed by atoms with E-state index in [-0.39, 0.29) is 13.0 Å². The summed E-state index contributed by atoms with van der Waals surface area (Å²) in [5, 5.41) is 57.2. The number of rotatable bonds is 9. The Morgan fingerprint density at radius 2 is 1.63 bits per heavy atom. The fourth-order valence-corrected chi connectivity index (χ4v) is 1.27. The molecule has 0 heterocycles. The summed E-state index contributed by atoms with van der Waals surface area (Å²) in [4.78, 5) is 0. The number of hydrogen-bond acceptors (Lipinski definition) is 9. The van der Waals surface area contributed by atoms with Gasteiger partial charge in [-0.3, -0.25) is 0 Å². The lowest BCUT2D eigenvalue weighted by atomic mass is 10.1. The van der Waals surface area contributed by atoms with E-state index in [1.54, 1.807) is 0 Å². The van der Waals surface area contributed by atoms with Gasteiger partial charge in [-0.05, 0) is 13.8 Å². The van der Waals surface area contributed by atoms with E-state index in [1.807, 2.05) is 0 Å². The van der Waals surface area contributed by atoms with Crippen molar-refractivity contribution in [2.24, 2.45) is 5.73 Å². The monoisotopic (exact) mass is 283 g/mol. The highest BCUT2D eigenvalue weighted by molar-refractivity contribution is 4.84. The Kier molecular flexibility index (Phi) is 7.29. The van der Waals surface area contributed by atoms with Crippen molar-refractivity contribution in [3.05, 3.63) is 0 Å². The van der Waals surface area contributed by atoms with Gasteiger partial charge in [-0.2, -0.15) is 5.01 Å². The van der Waals surface area contributed by atoms with Crippen molar-refractivity contribution in [1.82, 2.24) is 10.4 Å². The normalized spacial score (nSPS) is 19.3. The molecule has 9 N–H and O–H groups in total. The lowest BCUT2D eigenvalue weighted by molar-refractivity contribution is -0.220. The molecular formula is C10H25N3O6. The second kappa shape index (κ2) is 7.43. The highest BCUT2D eigenvalue weighted by atomic mass is 16.4. The van der Waals surface area contributed by atoms with Gasteiger partial charge >= 0.3 is 0 Å². The van der Waals surface area contributed by atoms with Crippen LogP contribution in [0.2, 0.25) is 0 Å². The van der Waals surface area contributed by atoms with Crippen LogP contribution in [-0.2, 0) is 0 Å². The van der Waals surface area contributed by atoms with Crippen LogP contribution in [0.25, 0.3) is 0 Å². The fourth-order valence-electron chi connectivity index (χ4n) is 1.27. The van der Waals surface area contributed by atoms with Crippen LogP contribution in [0.5, 0.6) is 0 Å². The Morgan fingerprint density at radius 1 is 1.16 bits per heavy atom. The topological polar surface area (TPSA) is 163 Å². The molecule has 9 nitrogen and oxygen atoms in total. The summed E-state index contributed by atoms with van der Waals surface area (Å²) in [6, 6.07) is 0. The van der Waals surface area contributed by atoms with E-state index < -0.39 is 36.9 Å². The molecule has 0 fully saturated rings. The van der Waals surface area contributed by atoms with Crippen LogP contribution in [0.4, 0.5) is 0 Å². The number of aliphatic hydroxyl groups is 6. The molecule has 0 spiro atoms. The number of aliphatic hydroxyl groups excluding tert-OH is 5. The van der Waals surface area contributed by atoms with Crippen molar-refractivity contribution in [2.45, 2.75) is 44.0 Å². The van der Waals surface area contributed by atoms with Gasteiger partial charge in [0.25, 0.3) is 0 Å². The average molecular weight is 283 g/mol. The standard InChI is InChI=1S/C10H25N3O6/c1-9(5-15,6-16)12-13(7(17)3-4-14)8(18)10(2,11)19/h7-8,12,14-19H,3-6,11H2,1-2H3. The lowest BCUT2D eigenvalue weighted by Gasteiger charge is -2.42. The maximum absolute atomic E-state index is 9.88. The molecule has 0 saturated carbocycles. The first kappa shape index (κ1) is 18.6. The van der Waals surface area contributed by atoms with Crippen LogP contribution in [0.1, 0.15) is 20.3 Å². The molecule has 0 aliphatic heterocycles. The van der Waals surface area contributed by atoms with Gasteiger partial charge in [-0.15, -0.1) is 0 Å². The van der Waals surface area contributed by atoms with E-state index in [0.29, 0.717) is 0 Å². The largest absolute Gasteiger partial charge is 0.396 e. The average Bonchev–Trinajstić information content (AvgIpc) is 2.34. The lowest BCUT2D eigenvalue weighted by Crippen LogP contribution is -2.68. The van der Waals surface area contributed by atoms with Crippen molar-refractivity contribution in [1.29, 1.82) is 0 Å². The Balaban J connectivity index is 5.07. The van der Waals surface area contributed by atoms with Gasteiger partial charge in [-0.25, -0.2) is 5.43 Å². The Labute approximate surface area is 111 Å². The minimum Gasteiger partial charge on any atom is -0.396 e. The number of nitrogens with zero attached hydrogens (tertiary/aromatic N) is 1. The van der Waals surface area contributed by atoms with E-state index >= 15 is 0 Å². The summed E-state index contributed by atoms with van der Waals surface area (Å²) >= 11 is 0. The molecule has 0 bridgehead atoms. The van der Waals surface area contributed by atoms with Crippen LogP contribution in [0, 0.1) is 0 Å². The van der Waals surface area contributed by atoms with E-state index in [1.165, 1.54) is 6.92 Å². The minimum absolute atomic E-state index is 0.132. The Morgan fingerprint density at radius 3 is 1.95 bits per heavy atom. The Bertz CT molecular complexity index is 256. The second-order valence-corrected chi connectivity index (χ2v) is 4.99. The summed E-state index contributed by atoms with van der Waals surface area (Å²) in [6.07, 6.45) is -3.24. The third kappa shape index (κ3) is 5.65. The molecule has 0 aromatic heterocycles. The summed E-state index contributed by atoms with van der Waals surface area (Å²) < 4.78 is 0. The first-order valence-corrected chi connectivity index (χ1v) is 5.87. The van der Waals surface area contributed by atoms with Crippen LogP contribution in [-0.4, -0.2) is 79.2 Å². The number of nitrogens with one attached hydrogen (secondary N) is 1. The van der Waals surface area contributed by atoms with Gasteiger partial charge in [0.15, 0.2) is 12.0 Å². The second-order valence-electron chi connectivity index (χ2n) is 4.99. The molecule has 0 amide bonds. The quantitative estimate of drug-likeness (QED) is 0.157. The van der Waals surface area contributed by atoms with Gasteiger partial charge in [0, 0.05) is 13.0 Å². The van der Waals surface area contributed by atoms with Crippen molar-refractivity contribution in [2.75, 3.05) is 19.8 Å². The van der Waals surface area contributed by atoms with Crippen LogP contribution in [0.15, 0.2) is 0 Å². The molecule has 19 heavy (non-hydrogen) atoms. The van der Waals surface area contributed by atoms with Gasteiger partial charge < -0.3 is 36.4 Å². The number of nitrogens with two attached hydrogens (primary N) is 1. The highest BCUT2D eigenvalue weighted by Crippen LogP contribution is 2.14. The van der Waals surface area contributed by atoms with Crippen molar-refractivity contribution < 1.29 is 30.6 Å². The molecule has 0 radical (unpaired) electrons. The third-order valence-corrected chi connectivity index (χ3v) is 2.59. The zero-order valence-corrected chi connectivity index (χ0v) is 11.2. The molecule has 0 saturated heterocycles. The summed E-state index contributed by atoms with van der Waals surface area (Å²) in [7, 11) is 0. The zero-order chi connectivity index (χ0) is 15.3. The molecule has 3 atom stereocenters. The van der Waals surface area contributed by atoms with Crippen LogP contribution in [0.3, 0.4) is 0 Å². The van der Waals surface area contributed by atoms with Crippen LogP contribution < -0.4 is 11.2 Å². The van der Waals surface area contributed by atoms with Gasteiger partial charge in [0.05, 0.1) is 18.8 Å². The molecule has 116 valence electrons. The van der Waals surface area contributed by atoms with Crippen molar-refractivity contribution in [3.63, 3.8) is 0 Å². The Hall–Kier alpha value is -0.360. The molecular weight excluding hydrogens is 258 g/mol. The molecule has 0 aromatic rings. The smallest absolute Gasteiger partial charge is 0.164 e. The van der Waals surface area contributed by atoms with E-state index in [0.717, 1.165) is 11.9 Å². The number of hydrogen-bond donors (Lipinski definition) is 8. The zero-order valence-electron chi connectivity index (χ0n) is 11.2. The maximum Gasteiger partial charge on any atom is 0.164 e. The summed E-state index contributed by atoms with van der Waals surface area (Å²) in [5.74, 6) is 0. The molecule has 0 aliphatic carbocycles. The predicted octanol–water partition coefficient (Wildman–Crippen LogP) is -3.78. The summed E-state index contributed by atoms with van der Waals surface area (Å²) in [6.45, 7) is 1.20. The molecule has 9 heteroatoms. The third-order valence-electron chi connectivity index (χ3n) is 2.59. The molecule has 3 unspecified atom stereocenters. The molecule has 0 rings (SSSR count). The fraction of sp³-hybridized carbons (Fsp3) is 1.00. The van der Waals surface area contributed by atoms with Gasteiger partial charge in [-0.1, -0.05) is 0 Å². The maximum atomic E-state index is 9.88. The van der Waals surface area contributed by atoms with Crippen LogP contribution >= 0.6 is 0 Å². The molecule has 0 aliphatic rings. The van der Waals surface area contributed by atoms with Crippen molar-refractivity contribution in [3.8, 4) is 0 Å². The number of hydrazine groups is 1.